The minimum Gasteiger partial charge on any atom is -0.495 e. The van der Waals surface area contributed by atoms with Crippen molar-refractivity contribution in [1.29, 1.82) is 0 Å². The van der Waals surface area contributed by atoms with Crippen molar-refractivity contribution in [1.82, 2.24) is 4.90 Å². The zero-order chi connectivity index (χ0) is 20.2. The molecule has 146 valence electrons. The molecule has 0 aliphatic carbocycles. The quantitative estimate of drug-likeness (QED) is 0.803. The summed E-state index contributed by atoms with van der Waals surface area (Å²) in [6.45, 7) is 3.53. The summed E-state index contributed by atoms with van der Waals surface area (Å²) in [5.74, 6) is 0.192. The number of carbonyl (C=O) groups is 1. The molecule has 2 rings (SSSR count). The first-order chi connectivity index (χ1) is 12.6. The first-order valence-corrected chi connectivity index (χ1v) is 8.44. The molecule has 0 fully saturated rings. The van der Waals surface area contributed by atoms with Gasteiger partial charge in [0.25, 0.3) is 0 Å². The van der Waals surface area contributed by atoms with Gasteiger partial charge in [-0.25, -0.2) is 0 Å². The number of alkyl halides is 3. The van der Waals surface area contributed by atoms with Gasteiger partial charge in [-0.3, -0.25) is 9.69 Å². The minimum absolute atomic E-state index is 0.00474. The number of aryl methyl sites for hydroxylation is 1. The normalized spacial score (nSPS) is 12.7. The monoisotopic (exact) mass is 380 g/mol. The molecule has 7 heteroatoms. The lowest BCUT2D eigenvalue weighted by Crippen LogP contribution is -2.39. The number of ether oxygens (including phenoxy) is 1. The summed E-state index contributed by atoms with van der Waals surface area (Å²) in [5.41, 5.74) is 0.912. The van der Waals surface area contributed by atoms with Crippen molar-refractivity contribution in [3.8, 4) is 5.75 Å². The van der Waals surface area contributed by atoms with Crippen molar-refractivity contribution >= 4 is 11.6 Å². The highest BCUT2D eigenvalue weighted by atomic mass is 19.4. The predicted octanol–water partition coefficient (Wildman–Crippen LogP) is 4.48. The van der Waals surface area contributed by atoms with Crippen LogP contribution < -0.4 is 10.1 Å². The molecule has 0 heterocycles. The molecule has 2 aromatic carbocycles. The number of rotatable bonds is 6. The van der Waals surface area contributed by atoms with Crippen LogP contribution in [0.3, 0.4) is 0 Å². The van der Waals surface area contributed by atoms with Crippen molar-refractivity contribution < 1.29 is 22.7 Å². The third kappa shape index (κ3) is 5.23. The molecule has 0 saturated carbocycles. The van der Waals surface area contributed by atoms with Gasteiger partial charge < -0.3 is 10.1 Å². The Kier molecular flexibility index (Phi) is 6.49. The second-order valence-corrected chi connectivity index (χ2v) is 6.44. The van der Waals surface area contributed by atoms with E-state index in [1.165, 1.54) is 19.2 Å². The molecule has 1 N–H and O–H groups in total. The van der Waals surface area contributed by atoms with Crippen LogP contribution >= 0.6 is 0 Å². The van der Waals surface area contributed by atoms with E-state index in [1.54, 1.807) is 37.1 Å². The maximum absolute atomic E-state index is 13.2. The number of benzene rings is 2. The maximum atomic E-state index is 13.2. The largest absolute Gasteiger partial charge is 0.495 e. The lowest BCUT2D eigenvalue weighted by Gasteiger charge is -2.25. The molecule has 0 spiro atoms. The lowest BCUT2D eigenvalue weighted by molar-refractivity contribution is -0.138. The Morgan fingerprint density at radius 2 is 1.89 bits per heavy atom. The van der Waals surface area contributed by atoms with E-state index >= 15 is 0 Å². The van der Waals surface area contributed by atoms with E-state index in [-0.39, 0.29) is 18.0 Å². The first-order valence-electron chi connectivity index (χ1n) is 8.44. The van der Waals surface area contributed by atoms with E-state index < -0.39 is 17.8 Å². The number of amides is 1. The molecule has 4 nitrogen and oxygen atoms in total. The van der Waals surface area contributed by atoms with E-state index in [1.807, 2.05) is 13.0 Å². The lowest BCUT2D eigenvalue weighted by atomic mass is 10.1. The van der Waals surface area contributed by atoms with Gasteiger partial charge in [0.1, 0.15) is 5.75 Å². The van der Waals surface area contributed by atoms with Crippen LogP contribution in [-0.4, -0.2) is 31.0 Å². The van der Waals surface area contributed by atoms with Crippen LogP contribution in [0.2, 0.25) is 0 Å². The second kappa shape index (κ2) is 8.43. The van der Waals surface area contributed by atoms with Gasteiger partial charge >= 0.3 is 6.18 Å². The van der Waals surface area contributed by atoms with Gasteiger partial charge in [-0.1, -0.05) is 24.3 Å². The van der Waals surface area contributed by atoms with Gasteiger partial charge in [0.15, 0.2) is 0 Å². The summed E-state index contributed by atoms with van der Waals surface area (Å²) in [5, 5.41) is 2.79. The Balaban J connectivity index is 2.13. The summed E-state index contributed by atoms with van der Waals surface area (Å²) in [6.07, 6.45) is -4.43. The fourth-order valence-corrected chi connectivity index (χ4v) is 2.70. The summed E-state index contributed by atoms with van der Waals surface area (Å²) < 4.78 is 44.7. The van der Waals surface area contributed by atoms with Crippen molar-refractivity contribution in [2.45, 2.75) is 32.6 Å². The van der Waals surface area contributed by atoms with Crippen LogP contribution in [0, 0.1) is 6.92 Å². The molecule has 27 heavy (non-hydrogen) atoms. The van der Waals surface area contributed by atoms with Crippen molar-refractivity contribution in [3.63, 3.8) is 0 Å². The van der Waals surface area contributed by atoms with Crippen LogP contribution in [0.5, 0.6) is 5.75 Å². The molecule has 0 radical (unpaired) electrons. The molecule has 0 saturated heterocycles. The molecule has 0 aliphatic heterocycles. The van der Waals surface area contributed by atoms with Crippen LogP contribution in [0.4, 0.5) is 18.9 Å². The van der Waals surface area contributed by atoms with Crippen LogP contribution in [-0.2, 0) is 17.5 Å². The average molecular weight is 380 g/mol. The Hall–Kier alpha value is -2.54. The van der Waals surface area contributed by atoms with E-state index in [0.29, 0.717) is 11.4 Å². The molecule has 2 aromatic rings. The number of nitrogens with zero attached hydrogens (tertiary/aromatic N) is 1. The van der Waals surface area contributed by atoms with E-state index in [0.717, 1.165) is 11.6 Å². The predicted molar refractivity (Wildman–Crippen MR) is 98.7 cm³/mol. The van der Waals surface area contributed by atoms with Crippen LogP contribution in [0.1, 0.15) is 23.6 Å². The van der Waals surface area contributed by atoms with Crippen LogP contribution in [0.25, 0.3) is 0 Å². The Bertz CT molecular complexity index is 806. The number of methoxy groups -OCH3 is 1. The number of likely N-dealkylation sites (N-methyl/N-ethyl adjacent to an activating group) is 1. The number of nitrogens with one attached hydrogen (secondary N) is 1. The number of hydrogen-bond donors (Lipinski definition) is 1. The van der Waals surface area contributed by atoms with E-state index in [9.17, 15) is 18.0 Å². The SMILES string of the molecule is COc1ccc(C)cc1NC(=O)C(C)N(C)Cc1ccccc1C(F)(F)F. The first kappa shape index (κ1) is 20.8. The molecule has 1 atom stereocenters. The van der Waals surface area contributed by atoms with Crippen molar-refractivity contribution in [3.05, 3.63) is 59.2 Å². The summed E-state index contributed by atoms with van der Waals surface area (Å²) >= 11 is 0. The zero-order valence-corrected chi connectivity index (χ0v) is 15.7. The zero-order valence-electron chi connectivity index (χ0n) is 15.7. The minimum atomic E-state index is -4.43. The standard InChI is InChI=1S/C20H23F3N2O2/c1-13-9-10-18(27-4)17(11-13)24-19(26)14(2)25(3)12-15-7-5-6-8-16(15)20(21,22)23/h5-11,14H,12H2,1-4H3,(H,24,26). The smallest absolute Gasteiger partial charge is 0.416 e. The van der Waals surface area contributed by atoms with Gasteiger partial charge in [0, 0.05) is 6.54 Å². The average Bonchev–Trinajstić information content (AvgIpc) is 2.60. The van der Waals surface area contributed by atoms with Gasteiger partial charge in [-0.2, -0.15) is 13.2 Å². The molecular weight excluding hydrogens is 357 g/mol. The second-order valence-electron chi connectivity index (χ2n) is 6.44. The molecule has 1 amide bonds. The van der Waals surface area contributed by atoms with Gasteiger partial charge in [-0.15, -0.1) is 0 Å². The number of carbonyl (C=O) groups excluding carboxylic acids is 1. The highest BCUT2D eigenvalue weighted by Crippen LogP contribution is 2.32. The van der Waals surface area contributed by atoms with Gasteiger partial charge in [0.2, 0.25) is 5.91 Å². The molecule has 1 unspecified atom stereocenters. The molecule has 0 aromatic heterocycles. The molecular formula is C20H23F3N2O2. The summed E-state index contributed by atoms with van der Waals surface area (Å²) in [4.78, 5) is 14.1. The fourth-order valence-electron chi connectivity index (χ4n) is 2.70. The van der Waals surface area contributed by atoms with E-state index in [2.05, 4.69) is 5.32 Å². The van der Waals surface area contributed by atoms with E-state index in [4.69, 9.17) is 4.74 Å². The third-order valence-electron chi connectivity index (χ3n) is 4.40. The van der Waals surface area contributed by atoms with Gasteiger partial charge in [-0.05, 0) is 50.2 Å². The van der Waals surface area contributed by atoms with Crippen LogP contribution in [0.15, 0.2) is 42.5 Å². The Morgan fingerprint density at radius 1 is 1.22 bits per heavy atom. The molecule has 0 aliphatic rings. The summed E-state index contributed by atoms with van der Waals surface area (Å²) in [7, 11) is 3.12. The highest BCUT2D eigenvalue weighted by molar-refractivity contribution is 5.95. The number of halogens is 3. The maximum Gasteiger partial charge on any atom is 0.416 e. The molecule has 0 bridgehead atoms. The van der Waals surface area contributed by atoms with Crippen molar-refractivity contribution in [2.75, 3.05) is 19.5 Å². The Morgan fingerprint density at radius 3 is 2.52 bits per heavy atom. The topological polar surface area (TPSA) is 41.6 Å². The fraction of sp³-hybridized carbons (Fsp3) is 0.350. The van der Waals surface area contributed by atoms with Gasteiger partial charge in [0.05, 0.1) is 24.4 Å². The Labute approximate surface area is 156 Å². The van der Waals surface area contributed by atoms with Crippen molar-refractivity contribution in [2.24, 2.45) is 0 Å². The highest BCUT2D eigenvalue weighted by Gasteiger charge is 2.33. The number of anilines is 1. The summed E-state index contributed by atoms with van der Waals surface area (Å²) in [6, 6.07) is 10.1. The number of hydrogen-bond acceptors (Lipinski definition) is 3. The third-order valence-corrected chi connectivity index (χ3v) is 4.40.